The minimum atomic E-state index is -0.544. The maximum Gasteiger partial charge on any atom is 0.410 e. The van der Waals surface area contributed by atoms with Crippen molar-refractivity contribution in [1.82, 2.24) is 29.4 Å². The quantitative estimate of drug-likeness (QED) is 0.719. The zero-order valence-electron chi connectivity index (χ0n) is 18.1. The predicted molar refractivity (Wildman–Crippen MR) is 107 cm³/mol. The Balaban J connectivity index is 1.28. The molecule has 0 aliphatic carbocycles. The maximum atomic E-state index is 13.0. The fourth-order valence-corrected chi connectivity index (χ4v) is 4.29. The molecule has 30 heavy (non-hydrogen) atoms. The number of fused-ring (bicyclic) bond motifs is 1. The number of carbonyl (C=O) groups is 3. The maximum absolute atomic E-state index is 13.0. The summed E-state index contributed by atoms with van der Waals surface area (Å²) in [6, 6.07) is -0.0800. The number of carbonyl (C=O) groups excluding carboxylic acids is 3. The Morgan fingerprint density at radius 3 is 2.43 bits per heavy atom. The van der Waals surface area contributed by atoms with Crippen molar-refractivity contribution in [3.8, 4) is 0 Å². The monoisotopic (exact) mass is 418 g/mol. The molecule has 4 rings (SSSR count). The van der Waals surface area contributed by atoms with Crippen molar-refractivity contribution >= 4 is 18.0 Å². The van der Waals surface area contributed by atoms with Crippen LogP contribution in [0.5, 0.6) is 0 Å². The summed E-state index contributed by atoms with van der Waals surface area (Å²) < 4.78 is 7.06. The average Bonchev–Trinajstić information content (AvgIpc) is 3.38. The van der Waals surface area contributed by atoms with Crippen LogP contribution >= 0.6 is 0 Å². The molecule has 0 bridgehead atoms. The predicted octanol–water partition coefficient (Wildman–Crippen LogP) is 1.29. The van der Waals surface area contributed by atoms with E-state index in [1.54, 1.807) is 20.7 Å². The van der Waals surface area contributed by atoms with Gasteiger partial charge in [0.1, 0.15) is 11.4 Å². The number of piperazine rings is 1. The lowest BCUT2D eigenvalue weighted by Gasteiger charge is -2.39. The number of rotatable bonds is 2. The Morgan fingerprint density at radius 1 is 1.10 bits per heavy atom. The zero-order valence-corrected chi connectivity index (χ0v) is 18.1. The van der Waals surface area contributed by atoms with Gasteiger partial charge in [-0.25, -0.2) is 24.1 Å². The summed E-state index contributed by atoms with van der Waals surface area (Å²) in [5.74, 6) is 0.592. The van der Waals surface area contributed by atoms with Gasteiger partial charge >= 0.3 is 12.1 Å². The third-order valence-corrected chi connectivity index (χ3v) is 5.83. The summed E-state index contributed by atoms with van der Waals surface area (Å²) in [6.45, 7) is 11.1. The summed E-state index contributed by atoms with van der Waals surface area (Å²) in [4.78, 5) is 45.6. The largest absolute Gasteiger partial charge is 0.444 e. The normalized spacial score (nSPS) is 22.6. The molecule has 2 saturated heterocycles. The van der Waals surface area contributed by atoms with Crippen LogP contribution in [0.1, 0.15) is 38.7 Å². The average molecular weight is 418 g/mol. The van der Waals surface area contributed by atoms with Gasteiger partial charge in [0.2, 0.25) is 5.91 Å². The molecule has 1 atom stereocenters. The molecule has 0 N–H and O–H groups in total. The molecule has 0 spiro atoms. The van der Waals surface area contributed by atoms with Gasteiger partial charge in [-0.15, -0.1) is 0 Å². The van der Waals surface area contributed by atoms with Gasteiger partial charge in [-0.05, 0) is 34.1 Å². The lowest BCUT2D eigenvalue weighted by Crippen LogP contribution is -2.56. The number of imidazole rings is 1. The number of hydrogen-bond donors (Lipinski definition) is 0. The molecule has 0 saturated carbocycles. The number of likely N-dealkylation sites (tertiary alicyclic amines) is 1. The first-order valence-corrected chi connectivity index (χ1v) is 10.5. The number of amides is 3. The summed E-state index contributed by atoms with van der Waals surface area (Å²) >= 11 is 0. The van der Waals surface area contributed by atoms with Gasteiger partial charge in [-0.1, -0.05) is 0 Å². The van der Waals surface area contributed by atoms with Gasteiger partial charge in [-0.2, -0.15) is 0 Å². The fourth-order valence-electron chi connectivity index (χ4n) is 4.29. The van der Waals surface area contributed by atoms with E-state index in [1.165, 1.54) is 0 Å². The molecule has 0 aromatic carbocycles. The number of aromatic nitrogens is 2. The second kappa shape index (κ2) is 7.57. The smallest absolute Gasteiger partial charge is 0.410 e. The molecule has 2 fully saturated rings. The van der Waals surface area contributed by atoms with Crippen molar-refractivity contribution in [2.75, 3.05) is 39.3 Å². The van der Waals surface area contributed by atoms with Crippen molar-refractivity contribution in [1.29, 1.82) is 0 Å². The van der Waals surface area contributed by atoms with Crippen LogP contribution in [0.3, 0.4) is 0 Å². The van der Waals surface area contributed by atoms with E-state index in [1.807, 2.05) is 37.6 Å². The van der Waals surface area contributed by atoms with Crippen LogP contribution in [-0.2, 0) is 16.1 Å². The Hall–Kier alpha value is -2.62. The van der Waals surface area contributed by atoms with Crippen LogP contribution in [0.15, 0.2) is 6.20 Å². The van der Waals surface area contributed by atoms with E-state index in [-0.39, 0.29) is 23.9 Å². The van der Waals surface area contributed by atoms with Gasteiger partial charge in [-0.3, -0.25) is 9.80 Å². The van der Waals surface area contributed by atoms with Crippen LogP contribution in [0.4, 0.5) is 9.59 Å². The van der Waals surface area contributed by atoms with Crippen LogP contribution < -0.4 is 0 Å². The molecule has 1 aromatic heterocycles. The highest BCUT2D eigenvalue weighted by atomic mass is 16.6. The van der Waals surface area contributed by atoms with Gasteiger partial charge in [0.25, 0.3) is 0 Å². The van der Waals surface area contributed by atoms with Crippen LogP contribution in [-0.4, -0.2) is 92.3 Å². The van der Waals surface area contributed by atoms with Crippen molar-refractivity contribution in [3.05, 3.63) is 17.7 Å². The molecule has 1 aromatic rings. The van der Waals surface area contributed by atoms with Crippen molar-refractivity contribution in [3.63, 3.8) is 0 Å². The second-order valence-electron chi connectivity index (χ2n) is 9.16. The Morgan fingerprint density at radius 2 is 1.80 bits per heavy atom. The third-order valence-electron chi connectivity index (χ3n) is 5.83. The third kappa shape index (κ3) is 3.88. The number of ether oxygens (including phenoxy) is 1. The molecule has 3 aliphatic heterocycles. The number of hydrogen-bond acceptors (Lipinski definition) is 6. The lowest BCUT2D eigenvalue weighted by atomic mass is 10.1. The second-order valence-corrected chi connectivity index (χ2v) is 9.16. The Bertz CT molecular complexity index is 852. The first kappa shape index (κ1) is 20.6. The molecule has 4 heterocycles. The van der Waals surface area contributed by atoms with E-state index in [0.717, 1.165) is 5.69 Å². The van der Waals surface area contributed by atoms with Crippen LogP contribution in [0, 0.1) is 12.8 Å². The van der Waals surface area contributed by atoms with Crippen molar-refractivity contribution < 1.29 is 19.1 Å². The number of aryl methyl sites for hydroxylation is 1. The van der Waals surface area contributed by atoms with E-state index in [4.69, 9.17) is 4.74 Å². The topological polar surface area (TPSA) is 91.2 Å². The summed E-state index contributed by atoms with van der Waals surface area (Å²) in [7, 11) is 0. The first-order valence-electron chi connectivity index (χ1n) is 10.5. The molecule has 10 heteroatoms. The molecule has 3 aliphatic rings. The van der Waals surface area contributed by atoms with Crippen molar-refractivity contribution in [2.45, 2.75) is 46.3 Å². The number of nitrogens with zero attached hydrogens (tertiary/aromatic N) is 6. The minimum Gasteiger partial charge on any atom is -0.444 e. The SMILES string of the molecule is Cc1ncc2n1C(=O)N(N1CCN(C(=O)C3CCN(C(=O)OC(C)(C)C)C3)CC1)C2. The van der Waals surface area contributed by atoms with E-state index in [9.17, 15) is 14.4 Å². The van der Waals surface area contributed by atoms with Crippen LogP contribution in [0.25, 0.3) is 0 Å². The summed E-state index contributed by atoms with van der Waals surface area (Å²) in [6.07, 6.45) is 2.04. The van der Waals surface area contributed by atoms with Crippen LogP contribution in [0.2, 0.25) is 0 Å². The molecular weight excluding hydrogens is 388 g/mol. The molecular formula is C20H30N6O4. The molecule has 164 valence electrons. The summed E-state index contributed by atoms with van der Waals surface area (Å²) in [5, 5.41) is 3.76. The molecule has 10 nitrogen and oxygen atoms in total. The molecule has 0 radical (unpaired) electrons. The minimum absolute atomic E-state index is 0.0800. The standard InChI is InChI=1S/C20H30N6O4/c1-14-21-11-16-13-25(18(28)26(14)16)24-9-7-22(8-10-24)17(27)15-5-6-23(12-15)19(29)30-20(2,3)4/h11,15H,5-10,12-13H2,1-4H3. The first-order chi connectivity index (χ1) is 14.1. The lowest BCUT2D eigenvalue weighted by molar-refractivity contribution is -0.139. The van der Waals surface area contributed by atoms with E-state index < -0.39 is 5.60 Å². The fraction of sp³-hybridized carbons (Fsp3) is 0.700. The van der Waals surface area contributed by atoms with E-state index in [0.29, 0.717) is 58.1 Å². The van der Waals surface area contributed by atoms with Gasteiger partial charge in [0.15, 0.2) is 0 Å². The summed E-state index contributed by atoms with van der Waals surface area (Å²) in [5.41, 5.74) is 0.349. The van der Waals surface area contributed by atoms with Gasteiger partial charge in [0.05, 0.1) is 24.4 Å². The molecule has 1 unspecified atom stereocenters. The van der Waals surface area contributed by atoms with E-state index >= 15 is 0 Å². The van der Waals surface area contributed by atoms with Crippen molar-refractivity contribution in [2.24, 2.45) is 5.92 Å². The highest BCUT2D eigenvalue weighted by molar-refractivity contribution is 5.81. The van der Waals surface area contributed by atoms with E-state index in [2.05, 4.69) is 4.98 Å². The highest BCUT2D eigenvalue weighted by Gasteiger charge is 2.38. The molecule has 3 amide bonds. The Kier molecular flexibility index (Phi) is 5.21. The Labute approximate surface area is 176 Å². The highest BCUT2D eigenvalue weighted by Crippen LogP contribution is 2.24. The zero-order chi connectivity index (χ0) is 21.6. The van der Waals surface area contributed by atoms with Gasteiger partial charge in [0, 0.05) is 39.3 Å². The van der Waals surface area contributed by atoms with Gasteiger partial charge < -0.3 is 14.5 Å². The number of hydrazine groups is 1.